The molecule has 0 unspecified atom stereocenters. The summed E-state index contributed by atoms with van der Waals surface area (Å²) in [5.74, 6) is -0.970. The highest BCUT2D eigenvalue weighted by atomic mass is 35.5. The monoisotopic (exact) mass is 387 g/mol. The number of esters is 1. The average molecular weight is 388 g/mol. The Hall–Kier alpha value is -3.32. The van der Waals surface area contributed by atoms with E-state index in [-0.39, 0.29) is 17.3 Å². The van der Waals surface area contributed by atoms with Gasteiger partial charge < -0.3 is 19.3 Å². The minimum Gasteiger partial charge on any atom is -0.493 e. The van der Waals surface area contributed by atoms with Crippen molar-refractivity contribution in [3.05, 3.63) is 64.3 Å². The van der Waals surface area contributed by atoms with Crippen LogP contribution in [0.3, 0.4) is 0 Å². The summed E-state index contributed by atoms with van der Waals surface area (Å²) >= 11 is 6.11. The third-order valence-corrected chi connectivity index (χ3v) is 3.90. The maximum atomic E-state index is 12.1. The Morgan fingerprint density at radius 3 is 2.74 bits per heavy atom. The zero-order chi connectivity index (χ0) is 19.4. The van der Waals surface area contributed by atoms with Crippen LogP contribution in [0.15, 0.2) is 53.2 Å². The van der Waals surface area contributed by atoms with Crippen LogP contribution in [0.4, 0.5) is 0 Å². The molecule has 0 spiro atoms. The number of aliphatic carboxylic acids is 1. The smallest absolute Gasteiger partial charge is 0.363 e. The number of halogens is 1. The molecule has 0 fully saturated rings. The molecule has 0 saturated heterocycles. The second-order valence-electron chi connectivity index (χ2n) is 5.41. The van der Waals surface area contributed by atoms with Gasteiger partial charge in [0.15, 0.2) is 23.8 Å². The van der Waals surface area contributed by atoms with Crippen molar-refractivity contribution in [2.75, 3.05) is 13.7 Å². The van der Waals surface area contributed by atoms with Crippen LogP contribution in [0.2, 0.25) is 5.02 Å². The predicted molar refractivity (Wildman–Crippen MR) is 98.2 cm³/mol. The Labute approximate surface area is 159 Å². The van der Waals surface area contributed by atoms with Crippen molar-refractivity contribution in [2.24, 2.45) is 4.99 Å². The number of carboxylic acid groups (broad SMARTS) is 1. The molecule has 1 aliphatic heterocycles. The molecular formula is C19H14ClNO6. The number of rotatable bonds is 6. The van der Waals surface area contributed by atoms with E-state index < -0.39 is 18.5 Å². The first-order valence-corrected chi connectivity index (χ1v) is 8.16. The number of cyclic esters (lactones) is 1. The van der Waals surface area contributed by atoms with Crippen molar-refractivity contribution in [2.45, 2.75) is 0 Å². The zero-order valence-electron chi connectivity index (χ0n) is 14.1. The van der Waals surface area contributed by atoms with E-state index in [1.54, 1.807) is 42.5 Å². The predicted octanol–water partition coefficient (Wildman–Crippen LogP) is 3.16. The minimum absolute atomic E-state index is 0.103. The lowest BCUT2D eigenvalue weighted by Crippen LogP contribution is -2.10. The van der Waals surface area contributed by atoms with Crippen molar-refractivity contribution in [1.82, 2.24) is 0 Å². The molecule has 0 bridgehead atoms. The van der Waals surface area contributed by atoms with Crippen LogP contribution < -0.4 is 9.47 Å². The fraction of sp³-hybridized carbons (Fsp3) is 0.105. The maximum Gasteiger partial charge on any atom is 0.363 e. The van der Waals surface area contributed by atoms with E-state index in [0.29, 0.717) is 21.9 Å². The number of carbonyl (C=O) groups excluding carboxylic acids is 1. The number of aliphatic imine (C=N–C) groups is 1. The summed E-state index contributed by atoms with van der Waals surface area (Å²) in [5, 5.41) is 9.12. The van der Waals surface area contributed by atoms with Gasteiger partial charge in [0, 0.05) is 0 Å². The van der Waals surface area contributed by atoms with Gasteiger partial charge in [0.25, 0.3) is 0 Å². The largest absolute Gasteiger partial charge is 0.493 e. The van der Waals surface area contributed by atoms with Crippen LogP contribution >= 0.6 is 11.6 Å². The van der Waals surface area contributed by atoms with Gasteiger partial charge in [-0.05, 0) is 35.9 Å². The summed E-state index contributed by atoms with van der Waals surface area (Å²) in [5.41, 5.74) is 1.22. The lowest BCUT2D eigenvalue weighted by atomic mass is 10.1. The molecule has 3 rings (SSSR count). The first-order chi connectivity index (χ1) is 13.0. The van der Waals surface area contributed by atoms with E-state index in [4.69, 9.17) is 30.9 Å². The number of benzene rings is 2. The number of carbonyl (C=O) groups is 2. The van der Waals surface area contributed by atoms with Gasteiger partial charge in [-0.3, -0.25) is 0 Å². The molecule has 0 atom stereocenters. The summed E-state index contributed by atoms with van der Waals surface area (Å²) in [4.78, 5) is 26.9. The van der Waals surface area contributed by atoms with Crippen molar-refractivity contribution in [3.8, 4) is 11.5 Å². The number of nitrogens with zero attached hydrogens (tertiary/aromatic N) is 1. The second kappa shape index (κ2) is 7.92. The van der Waals surface area contributed by atoms with Crippen LogP contribution in [-0.4, -0.2) is 36.7 Å². The number of ether oxygens (including phenoxy) is 3. The van der Waals surface area contributed by atoms with Crippen molar-refractivity contribution in [3.63, 3.8) is 0 Å². The molecule has 0 aromatic heterocycles. The van der Waals surface area contributed by atoms with Gasteiger partial charge in [-0.1, -0.05) is 29.8 Å². The molecule has 2 aromatic carbocycles. The van der Waals surface area contributed by atoms with Crippen LogP contribution in [0.1, 0.15) is 11.1 Å². The van der Waals surface area contributed by atoms with E-state index in [1.807, 2.05) is 0 Å². The van der Waals surface area contributed by atoms with Crippen LogP contribution in [0.5, 0.6) is 11.5 Å². The molecule has 138 valence electrons. The van der Waals surface area contributed by atoms with E-state index in [2.05, 4.69) is 4.99 Å². The fourth-order valence-electron chi connectivity index (χ4n) is 2.35. The first kappa shape index (κ1) is 18.5. The van der Waals surface area contributed by atoms with E-state index >= 15 is 0 Å². The van der Waals surface area contributed by atoms with Crippen molar-refractivity contribution >= 4 is 35.5 Å². The van der Waals surface area contributed by atoms with Crippen LogP contribution in [-0.2, 0) is 14.3 Å². The number of hydrogen-bond donors (Lipinski definition) is 1. The maximum absolute atomic E-state index is 12.1. The Morgan fingerprint density at radius 2 is 2.04 bits per heavy atom. The van der Waals surface area contributed by atoms with Gasteiger partial charge in [0.2, 0.25) is 5.90 Å². The lowest BCUT2D eigenvalue weighted by molar-refractivity contribution is -0.139. The zero-order valence-corrected chi connectivity index (χ0v) is 14.9. The highest BCUT2D eigenvalue weighted by Gasteiger charge is 2.25. The molecule has 0 saturated carbocycles. The molecular weight excluding hydrogens is 374 g/mol. The fourth-order valence-corrected chi connectivity index (χ4v) is 2.57. The molecule has 1 N–H and O–H groups in total. The molecule has 0 amide bonds. The van der Waals surface area contributed by atoms with E-state index in [1.165, 1.54) is 13.2 Å². The van der Waals surface area contributed by atoms with Gasteiger partial charge in [0.1, 0.15) is 0 Å². The van der Waals surface area contributed by atoms with Gasteiger partial charge in [-0.15, -0.1) is 0 Å². The molecule has 1 heterocycles. The first-order valence-electron chi connectivity index (χ1n) is 7.78. The van der Waals surface area contributed by atoms with Gasteiger partial charge in [-0.25, -0.2) is 14.6 Å². The Bertz CT molecular complexity index is 966. The third-order valence-electron chi connectivity index (χ3n) is 3.57. The number of methoxy groups -OCH3 is 1. The highest BCUT2D eigenvalue weighted by molar-refractivity contribution is 6.34. The standard InChI is InChI=1S/C19H14ClNO6/c1-25-16-9-11(6-7-15(16)26-10-17(22)23)8-14-19(24)27-18(21-14)12-4-2-3-5-13(12)20/h2-9H,10H2,1H3,(H,22,23)/b14-8+. The third kappa shape index (κ3) is 4.27. The highest BCUT2D eigenvalue weighted by Crippen LogP contribution is 2.30. The van der Waals surface area contributed by atoms with E-state index in [0.717, 1.165) is 0 Å². The van der Waals surface area contributed by atoms with Gasteiger partial charge >= 0.3 is 11.9 Å². The summed E-state index contributed by atoms with van der Waals surface area (Å²) in [6.45, 7) is -0.491. The minimum atomic E-state index is -1.10. The van der Waals surface area contributed by atoms with Crippen molar-refractivity contribution < 1.29 is 28.9 Å². The van der Waals surface area contributed by atoms with Crippen LogP contribution in [0.25, 0.3) is 6.08 Å². The summed E-state index contributed by atoms with van der Waals surface area (Å²) in [6, 6.07) is 11.7. The lowest BCUT2D eigenvalue weighted by Gasteiger charge is -2.09. The summed E-state index contributed by atoms with van der Waals surface area (Å²) < 4.78 is 15.5. The summed E-state index contributed by atoms with van der Waals surface area (Å²) in [7, 11) is 1.43. The molecule has 27 heavy (non-hydrogen) atoms. The number of carboxylic acids is 1. The Kier molecular flexibility index (Phi) is 5.42. The van der Waals surface area contributed by atoms with E-state index in [9.17, 15) is 9.59 Å². The quantitative estimate of drug-likeness (QED) is 0.604. The molecule has 7 nitrogen and oxygen atoms in total. The normalized spacial score (nSPS) is 14.7. The molecule has 8 heteroatoms. The Morgan fingerprint density at radius 1 is 1.26 bits per heavy atom. The molecule has 0 radical (unpaired) electrons. The SMILES string of the molecule is COc1cc(/C=C2/N=C(c3ccccc3Cl)OC2=O)ccc1OCC(=O)O. The molecule has 1 aliphatic rings. The number of hydrogen-bond acceptors (Lipinski definition) is 6. The topological polar surface area (TPSA) is 94.4 Å². The Balaban J connectivity index is 1.88. The summed E-state index contributed by atoms with van der Waals surface area (Å²) in [6.07, 6.45) is 1.52. The van der Waals surface area contributed by atoms with Crippen molar-refractivity contribution in [1.29, 1.82) is 0 Å². The van der Waals surface area contributed by atoms with Crippen LogP contribution in [0, 0.1) is 0 Å². The molecule has 2 aromatic rings. The van der Waals surface area contributed by atoms with Gasteiger partial charge in [0.05, 0.1) is 17.7 Å². The molecule has 0 aliphatic carbocycles. The second-order valence-corrected chi connectivity index (χ2v) is 5.82. The van der Waals surface area contributed by atoms with Gasteiger partial charge in [-0.2, -0.15) is 0 Å². The average Bonchev–Trinajstić information content (AvgIpc) is 3.01.